The summed E-state index contributed by atoms with van der Waals surface area (Å²) in [5.74, 6) is 0. The highest BCUT2D eigenvalue weighted by Crippen LogP contribution is 2.33. The molecule has 0 aromatic rings. The minimum atomic E-state index is 0.432. The zero-order valence-electron chi connectivity index (χ0n) is 13.2. The van der Waals surface area contributed by atoms with Crippen molar-refractivity contribution in [3.63, 3.8) is 0 Å². The van der Waals surface area contributed by atoms with Gasteiger partial charge in [-0.2, -0.15) is 0 Å². The molecule has 0 aromatic heterocycles. The SMILES string of the molecule is CC.CI.CN(C)CC(C)(C)CC(C)(C)C. The summed E-state index contributed by atoms with van der Waals surface area (Å²) < 4.78 is 0. The summed E-state index contributed by atoms with van der Waals surface area (Å²) in [5, 5.41) is 0. The van der Waals surface area contributed by atoms with Gasteiger partial charge in [-0.1, -0.05) is 71.1 Å². The lowest BCUT2D eigenvalue weighted by atomic mass is 9.76. The molecule has 0 aliphatic heterocycles. The predicted octanol–water partition coefficient (Wildman–Crippen LogP) is 5.09. The van der Waals surface area contributed by atoms with E-state index in [4.69, 9.17) is 0 Å². The zero-order valence-corrected chi connectivity index (χ0v) is 15.4. The molecular formula is C14H34IN. The highest BCUT2D eigenvalue weighted by molar-refractivity contribution is 14.1. The highest BCUT2D eigenvalue weighted by Gasteiger charge is 2.25. The van der Waals surface area contributed by atoms with Gasteiger partial charge in [0.25, 0.3) is 0 Å². The molecular weight excluding hydrogens is 309 g/mol. The molecule has 0 N–H and O–H groups in total. The Balaban J connectivity index is -0.000000376. The fourth-order valence-electron chi connectivity index (χ4n) is 2.35. The number of hydrogen-bond donors (Lipinski definition) is 0. The van der Waals surface area contributed by atoms with Gasteiger partial charge in [0.05, 0.1) is 0 Å². The van der Waals surface area contributed by atoms with E-state index in [9.17, 15) is 0 Å². The molecule has 0 aliphatic rings. The largest absolute Gasteiger partial charge is 0.309 e. The van der Waals surface area contributed by atoms with Gasteiger partial charge in [-0.15, -0.1) is 0 Å². The van der Waals surface area contributed by atoms with Gasteiger partial charge in [0.2, 0.25) is 0 Å². The summed E-state index contributed by atoms with van der Waals surface area (Å²) in [6.07, 6.45) is 1.28. The lowest BCUT2D eigenvalue weighted by molar-refractivity contribution is 0.162. The van der Waals surface area contributed by atoms with Gasteiger partial charge in [-0.25, -0.2) is 0 Å². The van der Waals surface area contributed by atoms with Gasteiger partial charge in [-0.05, 0) is 36.3 Å². The van der Waals surface area contributed by atoms with Crippen LogP contribution in [0.25, 0.3) is 0 Å². The number of rotatable bonds is 3. The summed E-state index contributed by atoms with van der Waals surface area (Å²) in [5.41, 5.74) is 0.876. The molecule has 0 aliphatic carbocycles. The minimum Gasteiger partial charge on any atom is -0.309 e. The Hall–Kier alpha value is 0.690. The normalized spacial score (nSPS) is 11.2. The molecule has 2 heteroatoms. The Morgan fingerprint density at radius 1 is 0.875 bits per heavy atom. The summed E-state index contributed by atoms with van der Waals surface area (Å²) in [4.78, 5) is 4.24. The van der Waals surface area contributed by atoms with Crippen LogP contribution in [-0.2, 0) is 0 Å². The van der Waals surface area contributed by atoms with Crippen LogP contribution in [0, 0.1) is 10.8 Å². The maximum Gasteiger partial charge on any atom is 0.00268 e. The molecule has 0 radical (unpaired) electrons. The summed E-state index contributed by atoms with van der Waals surface area (Å²) in [6.45, 7) is 16.8. The third kappa shape index (κ3) is 20.1. The quantitative estimate of drug-likeness (QED) is 0.510. The topological polar surface area (TPSA) is 3.24 Å². The highest BCUT2D eigenvalue weighted by atomic mass is 127. The molecule has 102 valence electrons. The van der Waals surface area contributed by atoms with Crippen molar-refractivity contribution in [2.45, 2.75) is 54.9 Å². The van der Waals surface area contributed by atoms with Gasteiger partial charge in [0.15, 0.2) is 0 Å². The van der Waals surface area contributed by atoms with Gasteiger partial charge in [-0.3, -0.25) is 0 Å². The van der Waals surface area contributed by atoms with Crippen molar-refractivity contribution >= 4 is 22.6 Å². The Morgan fingerprint density at radius 3 is 1.38 bits per heavy atom. The molecule has 0 bridgehead atoms. The first-order valence-corrected chi connectivity index (χ1v) is 8.31. The molecule has 0 rings (SSSR count). The third-order valence-electron chi connectivity index (χ3n) is 1.75. The zero-order chi connectivity index (χ0) is 14.0. The van der Waals surface area contributed by atoms with Crippen LogP contribution in [0.4, 0.5) is 0 Å². The average molecular weight is 343 g/mol. The first kappa shape index (κ1) is 21.9. The van der Waals surface area contributed by atoms with E-state index in [0.29, 0.717) is 10.8 Å². The fraction of sp³-hybridized carbons (Fsp3) is 1.00. The van der Waals surface area contributed by atoms with Crippen LogP contribution in [0.3, 0.4) is 0 Å². The molecule has 0 fully saturated rings. The first-order chi connectivity index (χ1) is 7.12. The first-order valence-electron chi connectivity index (χ1n) is 6.15. The maximum absolute atomic E-state index is 2.35. The van der Waals surface area contributed by atoms with Crippen molar-refractivity contribution in [3.05, 3.63) is 0 Å². The van der Waals surface area contributed by atoms with Crippen molar-refractivity contribution in [1.82, 2.24) is 4.90 Å². The summed E-state index contributed by atoms with van der Waals surface area (Å²) in [6, 6.07) is 0. The van der Waals surface area contributed by atoms with Crippen molar-refractivity contribution in [2.24, 2.45) is 10.8 Å². The van der Waals surface area contributed by atoms with Crippen LogP contribution < -0.4 is 0 Å². The van der Waals surface area contributed by atoms with Crippen molar-refractivity contribution in [2.75, 3.05) is 25.6 Å². The van der Waals surface area contributed by atoms with E-state index in [1.165, 1.54) is 13.0 Å². The molecule has 0 atom stereocenters. The van der Waals surface area contributed by atoms with E-state index in [-0.39, 0.29) is 0 Å². The van der Waals surface area contributed by atoms with Gasteiger partial charge in [0.1, 0.15) is 0 Å². The van der Waals surface area contributed by atoms with Crippen LogP contribution in [0.15, 0.2) is 0 Å². The van der Waals surface area contributed by atoms with Crippen LogP contribution in [0.1, 0.15) is 54.9 Å². The van der Waals surface area contributed by atoms with Crippen molar-refractivity contribution < 1.29 is 0 Å². The lowest BCUT2D eigenvalue weighted by Gasteiger charge is -2.34. The van der Waals surface area contributed by atoms with E-state index in [1.807, 2.05) is 18.8 Å². The third-order valence-corrected chi connectivity index (χ3v) is 1.75. The number of halogens is 1. The van der Waals surface area contributed by atoms with Crippen molar-refractivity contribution in [1.29, 1.82) is 0 Å². The monoisotopic (exact) mass is 343 g/mol. The molecule has 0 amide bonds. The number of alkyl halides is 1. The number of hydrogen-bond acceptors (Lipinski definition) is 1. The van der Waals surface area contributed by atoms with E-state index >= 15 is 0 Å². The van der Waals surface area contributed by atoms with Crippen LogP contribution in [0.2, 0.25) is 0 Å². The number of nitrogens with zero attached hydrogens (tertiary/aromatic N) is 1. The van der Waals surface area contributed by atoms with Gasteiger partial charge < -0.3 is 4.90 Å². The van der Waals surface area contributed by atoms with Crippen LogP contribution >= 0.6 is 22.6 Å². The smallest absolute Gasteiger partial charge is 0.00268 e. The maximum atomic E-state index is 2.35. The molecule has 0 heterocycles. The Morgan fingerprint density at radius 2 is 1.19 bits per heavy atom. The standard InChI is InChI=1S/C11H25N.C2H6.CH3I/c1-10(2,3)8-11(4,5)9-12(6)7;2*1-2/h8-9H2,1-7H3;1-2H3;1H3. The van der Waals surface area contributed by atoms with Gasteiger partial charge >= 0.3 is 0 Å². The van der Waals surface area contributed by atoms with E-state index in [1.54, 1.807) is 0 Å². The second kappa shape index (κ2) is 10.8. The molecule has 0 saturated heterocycles. The van der Waals surface area contributed by atoms with E-state index < -0.39 is 0 Å². The summed E-state index contributed by atoms with van der Waals surface area (Å²) in [7, 11) is 4.29. The molecule has 0 saturated carbocycles. The van der Waals surface area contributed by atoms with E-state index in [2.05, 4.69) is 76.2 Å². The summed E-state index contributed by atoms with van der Waals surface area (Å²) >= 11 is 2.15. The average Bonchev–Trinajstić information content (AvgIpc) is 2.04. The lowest BCUT2D eigenvalue weighted by Crippen LogP contribution is -2.32. The fourth-order valence-corrected chi connectivity index (χ4v) is 2.35. The van der Waals surface area contributed by atoms with Gasteiger partial charge in [0, 0.05) is 6.54 Å². The second-order valence-corrected chi connectivity index (χ2v) is 6.14. The Kier molecular flexibility index (Phi) is 14.8. The van der Waals surface area contributed by atoms with Crippen LogP contribution in [0.5, 0.6) is 0 Å². The minimum absolute atomic E-state index is 0.432. The molecule has 0 unspecified atom stereocenters. The molecule has 16 heavy (non-hydrogen) atoms. The molecule has 1 nitrogen and oxygen atoms in total. The van der Waals surface area contributed by atoms with Crippen LogP contribution in [-0.4, -0.2) is 30.5 Å². The predicted molar refractivity (Wildman–Crippen MR) is 87.7 cm³/mol. The molecule has 0 spiro atoms. The van der Waals surface area contributed by atoms with E-state index in [0.717, 1.165) is 0 Å². The Bertz CT molecular complexity index is 134. The Labute approximate surface area is 119 Å². The molecule has 0 aromatic carbocycles. The second-order valence-electron chi connectivity index (χ2n) is 6.14. The van der Waals surface area contributed by atoms with Crippen molar-refractivity contribution in [3.8, 4) is 0 Å².